The van der Waals surface area contributed by atoms with Crippen LogP contribution in [0.5, 0.6) is 11.5 Å². The Balaban J connectivity index is 1.33. The van der Waals surface area contributed by atoms with E-state index in [0.717, 1.165) is 72.5 Å². The summed E-state index contributed by atoms with van der Waals surface area (Å²) < 4.78 is 18.7. The van der Waals surface area contributed by atoms with Gasteiger partial charge in [-0.1, -0.05) is 18.2 Å². The fourth-order valence-electron chi connectivity index (χ4n) is 4.35. The monoisotopic (exact) mass is 428 g/mol. The molecule has 0 atom stereocenters. The molecule has 0 aliphatic carbocycles. The Morgan fingerprint density at radius 2 is 1.72 bits per heavy atom. The average Bonchev–Trinajstić information content (AvgIpc) is 3.60. The van der Waals surface area contributed by atoms with Crippen molar-refractivity contribution in [2.45, 2.75) is 6.54 Å². The summed E-state index contributed by atoms with van der Waals surface area (Å²) in [7, 11) is 0. The number of hydrogen-bond donors (Lipinski definition) is 1. The zero-order chi connectivity index (χ0) is 21.3. The molecule has 0 unspecified atom stereocenters. The second-order valence-corrected chi connectivity index (χ2v) is 8.05. The van der Waals surface area contributed by atoms with Gasteiger partial charge in [0, 0.05) is 38.3 Å². The lowest BCUT2D eigenvalue weighted by Gasteiger charge is -2.27. The number of furan rings is 1. The van der Waals surface area contributed by atoms with Gasteiger partial charge in [-0.25, -0.2) is 4.68 Å². The van der Waals surface area contributed by atoms with Crippen LogP contribution in [0.4, 0.5) is 0 Å². The quantitative estimate of drug-likeness (QED) is 0.520. The highest BCUT2D eigenvalue weighted by molar-refractivity contribution is 5.69. The Labute approximate surface area is 186 Å². The lowest BCUT2D eigenvalue weighted by molar-refractivity contribution is 0.174. The minimum Gasteiger partial charge on any atom is -0.463 e. The molecular formula is C25H24N4O3. The number of nitrogens with zero attached hydrogens (tertiary/aromatic N) is 3. The number of fused-ring (bicyclic) bond motifs is 1. The van der Waals surface area contributed by atoms with Gasteiger partial charge >= 0.3 is 0 Å². The molecule has 4 heterocycles. The van der Waals surface area contributed by atoms with Gasteiger partial charge in [-0.15, -0.1) is 0 Å². The van der Waals surface area contributed by atoms with Crippen molar-refractivity contribution in [2.24, 2.45) is 0 Å². The van der Waals surface area contributed by atoms with Crippen molar-refractivity contribution in [3.05, 3.63) is 72.6 Å². The second kappa shape index (κ2) is 8.18. The molecule has 0 amide bonds. The molecule has 2 aromatic heterocycles. The maximum Gasteiger partial charge on any atom is 0.231 e. The molecule has 1 N–H and O–H groups in total. The van der Waals surface area contributed by atoms with E-state index in [0.29, 0.717) is 0 Å². The molecule has 6 rings (SSSR count). The van der Waals surface area contributed by atoms with Crippen molar-refractivity contribution < 1.29 is 13.9 Å². The molecule has 2 aromatic carbocycles. The summed E-state index contributed by atoms with van der Waals surface area (Å²) in [5.41, 5.74) is 5.37. The highest BCUT2D eigenvalue weighted by Crippen LogP contribution is 2.36. The van der Waals surface area contributed by atoms with Gasteiger partial charge < -0.3 is 19.2 Å². The number of nitrogens with one attached hydrogen (secondary N) is 1. The first-order valence-corrected chi connectivity index (χ1v) is 10.9. The summed E-state index contributed by atoms with van der Waals surface area (Å²) in [6.45, 7) is 5.24. The van der Waals surface area contributed by atoms with Gasteiger partial charge in [0.05, 0.1) is 18.1 Å². The largest absolute Gasteiger partial charge is 0.463 e. The Bertz CT molecular complexity index is 1210. The smallest absolute Gasteiger partial charge is 0.231 e. The van der Waals surface area contributed by atoms with Crippen molar-refractivity contribution >= 4 is 0 Å². The summed E-state index contributed by atoms with van der Waals surface area (Å²) in [5, 5.41) is 8.15. The van der Waals surface area contributed by atoms with Crippen molar-refractivity contribution in [2.75, 3.05) is 33.0 Å². The maximum atomic E-state index is 5.79. The van der Waals surface area contributed by atoms with Crippen molar-refractivity contribution in [3.8, 4) is 39.8 Å². The van der Waals surface area contributed by atoms with E-state index in [1.54, 1.807) is 6.26 Å². The maximum absolute atomic E-state index is 5.79. The van der Waals surface area contributed by atoms with E-state index >= 15 is 0 Å². The summed E-state index contributed by atoms with van der Waals surface area (Å²) in [6.07, 6.45) is 3.68. The van der Waals surface area contributed by atoms with Gasteiger partial charge in [0.15, 0.2) is 17.3 Å². The van der Waals surface area contributed by atoms with E-state index in [1.807, 2.05) is 35.1 Å². The molecule has 1 saturated heterocycles. The molecule has 0 spiro atoms. The van der Waals surface area contributed by atoms with Crippen LogP contribution in [0.1, 0.15) is 5.56 Å². The number of hydrogen-bond acceptors (Lipinski definition) is 6. The molecule has 0 radical (unpaired) electrons. The van der Waals surface area contributed by atoms with Crippen LogP contribution in [0.15, 0.2) is 71.5 Å². The third-order valence-corrected chi connectivity index (χ3v) is 6.02. The van der Waals surface area contributed by atoms with E-state index in [4.69, 9.17) is 19.0 Å². The van der Waals surface area contributed by atoms with Crippen LogP contribution in [0.3, 0.4) is 0 Å². The summed E-state index contributed by atoms with van der Waals surface area (Å²) in [6, 6.07) is 18.3. The highest BCUT2D eigenvalue weighted by Gasteiger charge is 2.20. The standard InChI is InChI=1S/C25H24N4O3/c1-2-23(30-13-1)25-20(16-28-11-9-26-10-12-28)15-27-29(25)21-6-3-18(4-7-21)19-5-8-22-24(14-19)32-17-31-22/h1-8,13-15,26H,9-12,16-17H2. The van der Waals surface area contributed by atoms with Gasteiger partial charge in [0.1, 0.15) is 5.69 Å². The predicted octanol–water partition coefficient (Wildman–Crippen LogP) is 3.93. The summed E-state index contributed by atoms with van der Waals surface area (Å²) >= 11 is 0. The fraction of sp³-hybridized carbons (Fsp3) is 0.240. The van der Waals surface area contributed by atoms with Crippen LogP contribution in [0, 0.1) is 0 Å². The summed E-state index contributed by atoms with van der Waals surface area (Å²) in [5.74, 6) is 2.41. The molecule has 0 saturated carbocycles. The van der Waals surface area contributed by atoms with Crippen LogP contribution in [-0.2, 0) is 6.54 Å². The molecular weight excluding hydrogens is 404 g/mol. The van der Waals surface area contributed by atoms with Crippen LogP contribution < -0.4 is 14.8 Å². The van der Waals surface area contributed by atoms with E-state index in [9.17, 15) is 0 Å². The molecule has 0 bridgehead atoms. The SMILES string of the molecule is c1coc(-c2c(CN3CCNCC3)cnn2-c2ccc(-c3ccc4c(c3)OCO4)cc2)c1. The zero-order valence-corrected chi connectivity index (χ0v) is 17.7. The van der Waals surface area contributed by atoms with Crippen LogP contribution in [0.2, 0.25) is 0 Å². The minimum absolute atomic E-state index is 0.281. The van der Waals surface area contributed by atoms with Crippen molar-refractivity contribution in [1.82, 2.24) is 20.0 Å². The number of aromatic nitrogens is 2. The van der Waals surface area contributed by atoms with Crippen molar-refractivity contribution in [3.63, 3.8) is 0 Å². The first kappa shape index (κ1) is 19.2. The molecule has 2 aliphatic heterocycles. The number of piperazine rings is 1. The molecule has 162 valence electrons. The van der Waals surface area contributed by atoms with Crippen LogP contribution >= 0.6 is 0 Å². The molecule has 1 fully saturated rings. The lowest BCUT2D eigenvalue weighted by Crippen LogP contribution is -2.42. The number of ether oxygens (including phenoxy) is 2. The normalized spacial score (nSPS) is 15.9. The zero-order valence-electron chi connectivity index (χ0n) is 17.7. The van der Waals surface area contributed by atoms with Crippen molar-refractivity contribution in [1.29, 1.82) is 0 Å². The average molecular weight is 428 g/mol. The van der Waals surface area contributed by atoms with Gasteiger partial charge in [0.25, 0.3) is 0 Å². The van der Waals surface area contributed by atoms with Crippen LogP contribution in [0.25, 0.3) is 28.3 Å². The topological polar surface area (TPSA) is 64.7 Å². The fourth-order valence-corrected chi connectivity index (χ4v) is 4.35. The van der Waals surface area contributed by atoms with E-state index in [-0.39, 0.29) is 6.79 Å². The second-order valence-electron chi connectivity index (χ2n) is 8.05. The van der Waals surface area contributed by atoms with Gasteiger partial charge in [0.2, 0.25) is 6.79 Å². The highest BCUT2D eigenvalue weighted by atomic mass is 16.7. The Hall–Kier alpha value is -3.55. The Kier molecular flexibility index (Phi) is 4.90. The molecule has 7 nitrogen and oxygen atoms in total. The third-order valence-electron chi connectivity index (χ3n) is 6.02. The number of rotatable bonds is 5. The van der Waals surface area contributed by atoms with Gasteiger partial charge in [-0.05, 0) is 47.5 Å². The Morgan fingerprint density at radius 3 is 2.53 bits per heavy atom. The predicted molar refractivity (Wildman–Crippen MR) is 121 cm³/mol. The molecule has 4 aromatic rings. The van der Waals surface area contributed by atoms with E-state index in [1.165, 1.54) is 5.56 Å². The lowest BCUT2D eigenvalue weighted by atomic mass is 10.0. The molecule has 32 heavy (non-hydrogen) atoms. The molecule has 7 heteroatoms. The summed E-state index contributed by atoms with van der Waals surface area (Å²) in [4.78, 5) is 2.45. The van der Waals surface area contributed by atoms with Crippen LogP contribution in [-0.4, -0.2) is 47.7 Å². The first-order chi connectivity index (χ1) is 15.8. The minimum atomic E-state index is 0.281. The van der Waals surface area contributed by atoms with Gasteiger partial charge in [-0.3, -0.25) is 4.90 Å². The molecule has 2 aliphatic rings. The Morgan fingerprint density at radius 1 is 0.906 bits per heavy atom. The van der Waals surface area contributed by atoms with E-state index in [2.05, 4.69) is 40.5 Å². The first-order valence-electron chi connectivity index (χ1n) is 10.9. The van der Waals surface area contributed by atoms with E-state index < -0.39 is 0 Å². The third kappa shape index (κ3) is 3.55. The van der Waals surface area contributed by atoms with Gasteiger partial charge in [-0.2, -0.15) is 5.10 Å². The number of benzene rings is 2.